The van der Waals surface area contributed by atoms with E-state index in [-0.39, 0.29) is 5.82 Å². The Bertz CT molecular complexity index is 534. The van der Waals surface area contributed by atoms with Gasteiger partial charge in [0.15, 0.2) is 0 Å². The number of thiazole rings is 1. The van der Waals surface area contributed by atoms with Gasteiger partial charge in [-0.15, -0.1) is 11.3 Å². The van der Waals surface area contributed by atoms with E-state index in [0.717, 1.165) is 22.8 Å². The standard InChI is InChI=1S/C14H17FN2S/c1-9(2)16-7-11-8-18-14(17-11)12-5-4-10(3)6-13(12)15/h4-6,8-9,16H,7H2,1-3H3. The molecule has 0 saturated heterocycles. The minimum Gasteiger partial charge on any atom is -0.309 e. The van der Waals surface area contributed by atoms with Crippen molar-refractivity contribution in [1.29, 1.82) is 0 Å². The summed E-state index contributed by atoms with van der Waals surface area (Å²) >= 11 is 1.48. The van der Waals surface area contributed by atoms with E-state index in [1.807, 2.05) is 18.4 Å². The maximum atomic E-state index is 13.8. The van der Waals surface area contributed by atoms with Crippen LogP contribution in [0, 0.1) is 12.7 Å². The van der Waals surface area contributed by atoms with E-state index in [9.17, 15) is 4.39 Å². The molecule has 0 amide bonds. The molecule has 1 N–H and O–H groups in total. The van der Waals surface area contributed by atoms with Crippen LogP contribution in [0.15, 0.2) is 23.6 Å². The molecule has 0 radical (unpaired) electrons. The maximum Gasteiger partial charge on any atom is 0.133 e. The number of hydrogen-bond donors (Lipinski definition) is 1. The summed E-state index contributed by atoms with van der Waals surface area (Å²) in [4.78, 5) is 4.46. The van der Waals surface area contributed by atoms with Crippen molar-refractivity contribution in [2.45, 2.75) is 33.4 Å². The molecule has 0 fully saturated rings. The quantitative estimate of drug-likeness (QED) is 0.909. The fourth-order valence-corrected chi connectivity index (χ4v) is 2.46. The molecule has 0 unspecified atom stereocenters. The van der Waals surface area contributed by atoms with Crippen LogP contribution >= 0.6 is 11.3 Å². The molecule has 0 aliphatic heterocycles. The van der Waals surface area contributed by atoms with Gasteiger partial charge in [0.1, 0.15) is 10.8 Å². The van der Waals surface area contributed by atoms with Gasteiger partial charge in [0.05, 0.1) is 5.69 Å². The van der Waals surface area contributed by atoms with E-state index >= 15 is 0 Å². The van der Waals surface area contributed by atoms with Gasteiger partial charge in [-0.1, -0.05) is 19.9 Å². The van der Waals surface area contributed by atoms with Gasteiger partial charge in [-0.3, -0.25) is 0 Å². The van der Waals surface area contributed by atoms with Gasteiger partial charge in [-0.2, -0.15) is 0 Å². The van der Waals surface area contributed by atoms with Crippen molar-refractivity contribution < 1.29 is 4.39 Å². The predicted octanol–water partition coefficient (Wildman–Crippen LogP) is 3.76. The molecule has 0 aliphatic carbocycles. The summed E-state index contributed by atoms with van der Waals surface area (Å²) in [6, 6.07) is 5.67. The Morgan fingerprint density at radius 2 is 2.17 bits per heavy atom. The number of halogens is 1. The Morgan fingerprint density at radius 1 is 1.39 bits per heavy atom. The largest absolute Gasteiger partial charge is 0.309 e. The summed E-state index contributed by atoms with van der Waals surface area (Å²) < 4.78 is 13.8. The van der Waals surface area contributed by atoms with E-state index in [2.05, 4.69) is 24.1 Å². The lowest BCUT2D eigenvalue weighted by Gasteiger charge is -2.05. The van der Waals surface area contributed by atoms with E-state index in [1.165, 1.54) is 11.3 Å². The number of benzene rings is 1. The van der Waals surface area contributed by atoms with Crippen LogP contribution in [0.2, 0.25) is 0 Å². The zero-order valence-electron chi connectivity index (χ0n) is 10.8. The van der Waals surface area contributed by atoms with Crippen LogP contribution in [0.3, 0.4) is 0 Å². The van der Waals surface area contributed by atoms with Crippen LogP contribution in [-0.2, 0) is 6.54 Å². The highest BCUT2D eigenvalue weighted by atomic mass is 32.1. The Kier molecular flexibility index (Phi) is 4.09. The number of aromatic nitrogens is 1. The summed E-state index contributed by atoms with van der Waals surface area (Å²) in [5.74, 6) is -0.201. The Labute approximate surface area is 111 Å². The Morgan fingerprint density at radius 3 is 2.83 bits per heavy atom. The fourth-order valence-electron chi connectivity index (χ4n) is 1.61. The SMILES string of the molecule is Cc1ccc(-c2nc(CNC(C)C)cs2)c(F)c1. The van der Waals surface area contributed by atoms with Crippen molar-refractivity contribution in [2.24, 2.45) is 0 Å². The first-order valence-corrected chi connectivity index (χ1v) is 6.88. The molecule has 0 spiro atoms. The first kappa shape index (κ1) is 13.2. The highest BCUT2D eigenvalue weighted by Crippen LogP contribution is 2.26. The molecule has 0 aliphatic rings. The van der Waals surface area contributed by atoms with Crippen molar-refractivity contribution in [1.82, 2.24) is 10.3 Å². The number of aryl methyl sites for hydroxylation is 1. The van der Waals surface area contributed by atoms with E-state index in [0.29, 0.717) is 11.6 Å². The average molecular weight is 264 g/mol. The second kappa shape index (κ2) is 5.59. The monoisotopic (exact) mass is 264 g/mol. The van der Waals surface area contributed by atoms with Crippen LogP contribution < -0.4 is 5.32 Å². The number of rotatable bonds is 4. The van der Waals surface area contributed by atoms with Gasteiger partial charge in [-0.05, 0) is 24.6 Å². The Balaban J connectivity index is 2.18. The smallest absolute Gasteiger partial charge is 0.133 e. The number of nitrogens with zero attached hydrogens (tertiary/aromatic N) is 1. The van der Waals surface area contributed by atoms with Crippen LogP contribution in [0.4, 0.5) is 4.39 Å². The van der Waals surface area contributed by atoms with Crippen LogP contribution in [0.5, 0.6) is 0 Å². The van der Waals surface area contributed by atoms with Gasteiger partial charge in [0, 0.05) is 23.5 Å². The normalized spacial score (nSPS) is 11.2. The topological polar surface area (TPSA) is 24.9 Å². The summed E-state index contributed by atoms with van der Waals surface area (Å²) in [5, 5.41) is 6.02. The van der Waals surface area contributed by atoms with Crippen molar-refractivity contribution in [3.05, 3.63) is 40.7 Å². The third-order valence-electron chi connectivity index (χ3n) is 2.60. The summed E-state index contributed by atoms with van der Waals surface area (Å²) in [5.41, 5.74) is 2.47. The van der Waals surface area contributed by atoms with E-state index < -0.39 is 0 Å². The van der Waals surface area contributed by atoms with Gasteiger partial charge < -0.3 is 5.32 Å². The maximum absolute atomic E-state index is 13.8. The third-order valence-corrected chi connectivity index (χ3v) is 3.52. The molecule has 0 saturated carbocycles. The molecular weight excluding hydrogens is 247 g/mol. The molecular formula is C14H17FN2S. The lowest BCUT2D eigenvalue weighted by molar-refractivity contribution is 0.583. The zero-order chi connectivity index (χ0) is 13.1. The molecule has 18 heavy (non-hydrogen) atoms. The first-order valence-electron chi connectivity index (χ1n) is 6.00. The van der Waals surface area contributed by atoms with Crippen LogP contribution in [0.25, 0.3) is 10.6 Å². The highest BCUT2D eigenvalue weighted by molar-refractivity contribution is 7.13. The number of hydrogen-bond acceptors (Lipinski definition) is 3. The zero-order valence-corrected chi connectivity index (χ0v) is 11.6. The van der Waals surface area contributed by atoms with Gasteiger partial charge in [0.25, 0.3) is 0 Å². The van der Waals surface area contributed by atoms with E-state index in [1.54, 1.807) is 12.1 Å². The van der Waals surface area contributed by atoms with Gasteiger partial charge in [-0.25, -0.2) is 9.37 Å². The predicted molar refractivity (Wildman–Crippen MR) is 74.2 cm³/mol. The third kappa shape index (κ3) is 3.15. The van der Waals surface area contributed by atoms with Gasteiger partial charge in [0.2, 0.25) is 0 Å². The molecule has 96 valence electrons. The minimum atomic E-state index is -0.201. The second-order valence-corrected chi connectivity index (χ2v) is 5.52. The Hall–Kier alpha value is -1.26. The average Bonchev–Trinajstić information content (AvgIpc) is 2.75. The van der Waals surface area contributed by atoms with Crippen molar-refractivity contribution in [2.75, 3.05) is 0 Å². The first-order chi connectivity index (χ1) is 8.56. The second-order valence-electron chi connectivity index (χ2n) is 4.66. The molecule has 1 heterocycles. The number of nitrogens with one attached hydrogen (secondary N) is 1. The van der Waals surface area contributed by atoms with Crippen molar-refractivity contribution in [3.8, 4) is 10.6 Å². The van der Waals surface area contributed by atoms with Crippen molar-refractivity contribution in [3.63, 3.8) is 0 Å². The van der Waals surface area contributed by atoms with Crippen LogP contribution in [0.1, 0.15) is 25.1 Å². The molecule has 2 nitrogen and oxygen atoms in total. The molecule has 0 bridgehead atoms. The van der Waals surface area contributed by atoms with Crippen LogP contribution in [-0.4, -0.2) is 11.0 Å². The molecule has 2 aromatic rings. The summed E-state index contributed by atoms with van der Waals surface area (Å²) in [6.45, 7) is 6.79. The van der Waals surface area contributed by atoms with E-state index in [4.69, 9.17) is 0 Å². The lowest BCUT2D eigenvalue weighted by Crippen LogP contribution is -2.21. The fraction of sp³-hybridized carbons (Fsp3) is 0.357. The summed E-state index contributed by atoms with van der Waals surface area (Å²) in [7, 11) is 0. The lowest BCUT2D eigenvalue weighted by atomic mass is 10.1. The molecule has 2 rings (SSSR count). The summed E-state index contributed by atoms with van der Waals surface area (Å²) in [6.07, 6.45) is 0. The van der Waals surface area contributed by atoms with Crippen molar-refractivity contribution >= 4 is 11.3 Å². The highest BCUT2D eigenvalue weighted by Gasteiger charge is 2.09. The molecule has 1 aromatic carbocycles. The van der Waals surface area contributed by atoms with Gasteiger partial charge >= 0.3 is 0 Å². The molecule has 0 atom stereocenters. The minimum absolute atomic E-state index is 0.201. The molecule has 4 heteroatoms. The molecule has 1 aromatic heterocycles.